The Bertz CT molecular complexity index is 1580. The van der Waals surface area contributed by atoms with Crippen molar-refractivity contribution in [1.29, 1.82) is 0 Å². The van der Waals surface area contributed by atoms with Crippen molar-refractivity contribution >= 4 is 34.6 Å². The van der Waals surface area contributed by atoms with E-state index in [4.69, 9.17) is 14.7 Å². The number of hydrogen-bond donors (Lipinski definition) is 1. The quantitative estimate of drug-likeness (QED) is 0.294. The second-order valence-electron chi connectivity index (χ2n) is 10.9. The fourth-order valence-corrected chi connectivity index (χ4v) is 6.47. The first-order chi connectivity index (χ1) is 21.0. The molecule has 0 radical (unpaired) electrons. The molecule has 2 aliphatic rings. The standard InChI is InChI=1S/C31H38N8O3S/c1-4-36(5-2)21(3)19-32-30(40)22-17-25(23-20-33-39-11-8-24(35-29(23)39)27-7-6-16-43-27)34-28(18-22)38-10-9-26(38)31(41)37-12-14-42-15-13-37/h6-8,11,16-18,20-21,26H,4-5,9-10,12-15,19H2,1-3H3,(H,32,40)/t21?,26-/m0/s1. The number of pyridine rings is 1. The summed E-state index contributed by atoms with van der Waals surface area (Å²) in [5.74, 6) is 0.509. The Kier molecular flexibility index (Phi) is 8.68. The zero-order chi connectivity index (χ0) is 29.9. The minimum atomic E-state index is -0.313. The number of hydrogen-bond acceptors (Lipinski definition) is 9. The molecule has 2 saturated heterocycles. The van der Waals surface area contributed by atoms with Crippen molar-refractivity contribution in [1.82, 2.24) is 34.7 Å². The maximum absolute atomic E-state index is 13.6. The van der Waals surface area contributed by atoms with E-state index in [-0.39, 0.29) is 23.9 Å². The Balaban J connectivity index is 1.35. The number of nitrogens with zero attached hydrogens (tertiary/aromatic N) is 7. The highest BCUT2D eigenvalue weighted by atomic mass is 32.1. The maximum atomic E-state index is 13.6. The van der Waals surface area contributed by atoms with E-state index in [1.54, 1.807) is 34.2 Å². The maximum Gasteiger partial charge on any atom is 0.251 e. The number of aromatic nitrogens is 4. The fraction of sp³-hybridized carbons (Fsp3) is 0.452. The number of rotatable bonds is 10. The Hall–Kier alpha value is -3.87. The van der Waals surface area contributed by atoms with Crippen LogP contribution in [-0.4, -0.2) is 106 Å². The Labute approximate surface area is 255 Å². The number of carbonyl (C=O) groups excluding carboxylic acids is 2. The molecule has 2 atom stereocenters. The van der Waals surface area contributed by atoms with Crippen LogP contribution in [0.5, 0.6) is 0 Å². The van der Waals surface area contributed by atoms with Gasteiger partial charge in [0.15, 0.2) is 5.65 Å². The summed E-state index contributed by atoms with van der Waals surface area (Å²) in [6.07, 6.45) is 4.37. The highest BCUT2D eigenvalue weighted by Crippen LogP contribution is 2.32. The third kappa shape index (κ3) is 5.99. The van der Waals surface area contributed by atoms with Crippen LogP contribution in [-0.2, 0) is 9.53 Å². The first kappa shape index (κ1) is 29.2. The fourth-order valence-electron chi connectivity index (χ4n) is 5.77. The van der Waals surface area contributed by atoms with E-state index in [2.05, 4.69) is 36.1 Å². The minimum Gasteiger partial charge on any atom is -0.378 e. The number of anilines is 1. The molecule has 4 aromatic rings. The molecule has 6 heterocycles. The van der Waals surface area contributed by atoms with Crippen LogP contribution in [0.4, 0.5) is 5.82 Å². The van der Waals surface area contributed by atoms with E-state index >= 15 is 0 Å². The van der Waals surface area contributed by atoms with Gasteiger partial charge in [-0.2, -0.15) is 5.10 Å². The molecule has 0 saturated carbocycles. The number of amides is 2. The van der Waals surface area contributed by atoms with Gasteiger partial charge < -0.3 is 19.9 Å². The van der Waals surface area contributed by atoms with Gasteiger partial charge >= 0.3 is 0 Å². The van der Waals surface area contributed by atoms with E-state index in [9.17, 15) is 9.59 Å². The van der Waals surface area contributed by atoms with E-state index in [0.717, 1.165) is 35.6 Å². The number of fused-ring (bicyclic) bond motifs is 1. The van der Waals surface area contributed by atoms with Crippen molar-refractivity contribution in [2.24, 2.45) is 0 Å². The molecule has 11 nitrogen and oxygen atoms in total. The van der Waals surface area contributed by atoms with Crippen LogP contribution >= 0.6 is 11.3 Å². The summed E-state index contributed by atoms with van der Waals surface area (Å²) < 4.78 is 7.17. The van der Waals surface area contributed by atoms with Gasteiger partial charge in [-0.05, 0) is 56.1 Å². The monoisotopic (exact) mass is 602 g/mol. The van der Waals surface area contributed by atoms with E-state index in [0.29, 0.717) is 62.1 Å². The molecule has 43 heavy (non-hydrogen) atoms. The van der Waals surface area contributed by atoms with Gasteiger partial charge in [0.05, 0.1) is 41.2 Å². The van der Waals surface area contributed by atoms with Crippen LogP contribution < -0.4 is 10.2 Å². The zero-order valence-electron chi connectivity index (χ0n) is 24.9. The number of nitrogens with one attached hydrogen (secondary N) is 1. The Morgan fingerprint density at radius 3 is 2.63 bits per heavy atom. The third-order valence-corrected chi connectivity index (χ3v) is 9.30. The van der Waals surface area contributed by atoms with Crippen molar-refractivity contribution < 1.29 is 14.3 Å². The van der Waals surface area contributed by atoms with Crippen molar-refractivity contribution in [2.75, 3.05) is 57.4 Å². The molecule has 1 unspecified atom stereocenters. The molecule has 0 aromatic carbocycles. The van der Waals surface area contributed by atoms with E-state index < -0.39 is 0 Å². The molecule has 226 valence electrons. The molecule has 1 N–H and O–H groups in total. The molecule has 0 spiro atoms. The van der Waals surface area contributed by atoms with Crippen LogP contribution in [0.15, 0.2) is 48.1 Å². The number of thiophene rings is 1. The van der Waals surface area contributed by atoms with Gasteiger partial charge in [0.2, 0.25) is 5.91 Å². The summed E-state index contributed by atoms with van der Waals surface area (Å²) in [6, 6.07) is 9.47. The van der Waals surface area contributed by atoms with Gasteiger partial charge in [0.1, 0.15) is 11.9 Å². The molecule has 6 rings (SSSR count). The second-order valence-corrected chi connectivity index (χ2v) is 11.9. The molecular weight excluding hydrogens is 564 g/mol. The smallest absolute Gasteiger partial charge is 0.251 e. The normalized spacial score (nSPS) is 17.7. The lowest BCUT2D eigenvalue weighted by atomic mass is 10.0. The van der Waals surface area contributed by atoms with Crippen molar-refractivity contribution in [3.63, 3.8) is 0 Å². The van der Waals surface area contributed by atoms with Crippen molar-refractivity contribution in [3.05, 3.63) is 53.7 Å². The summed E-state index contributed by atoms with van der Waals surface area (Å²) in [5, 5.41) is 9.68. The minimum absolute atomic E-state index is 0.0824. The average Bonchev–Trinajstić information content (AvgIpc) is 3.71. The molecule has 0 bridgehead atoms. The highest BCUT2D eigenvalue weighted by Gasteiger charge is 2.38. The summed E-state index contributed by atoms with van der Waals surface area (Å²) in [6.45, 7) is 11.7. The molecule has 2 aliphatic heterocycles. The van der Waals surface area contributed by atoms with Gasteiger partial charge in [0, 0.05) is 44.0 Å². The van der Waals surface area contributed by atoms with E-state index in [1.807, 2.05) is 39.6 Å². The van der Waals surface area contributed by atoms with E-state index in [1.165, 1.54) is 0 Å². The Morgan fingerprint density at radius 1 is 1.12 bits per heavy atom. The van der Waals surface area contributed by atoms with Gasteiger partial charge in [-0.25, -0.2) is 14.5 Å². The zero-order valence-corrected chi connectivity index (χ0v) is 25.7. The van der Waals surface area contributed by atoms with Crippen LogP contribution in [0.25, 0.3) is 27.5 Å². The van der Waals surface area contributed by atoms with Crippen LogP contribution in [0, 0.1) is 0 Å². The van der Waals surface area contributed by atoms with Gasteiger partial charge in [-0.1, -0.05) is 19.9 Å². The molecule has 2 amide bonds. The summed E-state index contributed by atoms with van der Waals surface area (Å²) in [5.41, 5.74) is 3.31. The average molecular weight is 603 g/mol. The first-order valence-corrected chi connectivity index (χ1v) is 15.9. The predicted octanol–water partition coefficient (Wildman–Crippen LogP) is 3.42. The van der Waals surface area contributed by atoms with Crippen molar-refractivity contribution in [2.45, 2.75) is 39.3 Å². The molecule has 0 aliphatic carbocycles. The summed E-state index contributed by atoms with van der Waals surface area (Å²) >= 11 is 1.62. The predicted molar refractivity (Wildman–Crippen MR) is 167 cm³/mol. The topological polar surface area (TPSA) is 108 Å². The number of morpholine rings is 1. The molecule has 2 fully saturated rings. The number of carbonyl (C=O) groups is 2. The summed E-state index contributed by atoms with van der Waals surface area (Å²) in [7, 11) is 0. The largest absolute Gasteiger partial charge is 0.378 e. The lowest BCUT2D eigenvalue weighted by molar-refractivity contribution is -0.138. The van der Waals surface area contributed by atoms with Crippen LogP contribution in [0.1, 0.15) is 37.6 Å². The van der Waals surface area contributed by atoms with Gasteiger partial charge in [-0.15, -0.1) is 11.3 Å². The molecule has 4 aromatic heterocycles. The number of ether oxygens (including phenoxy) is 1. The summed E-state index contributed by atoms with van der Waals surface area (Å²) in [4.78, 5) is 44.2. The van der Waals surface area contributed by atoms with Gasteiger partial charge in [-0.3, -0.25) is 14.5 Å². The highest BCUT2D eigenvalue weighted by molar-refractivity contribution is 7.13. The molecule has 12 heteroatoms. The first-order valence-electron chi connectivity index (χ1n) is 15.0. The second kappa shape index (κ2) is 12.8. The SMILES string of the molecule is CCN(CC)C(C)CNC(=O)c1cc(-c2cnn3ccc(-c4cccs4)nc23)nc(N2CC[C@H]2C(=O)N2CCOCC2)c1. The van der Waals surface area contributed by atoms with Crippen LogP contribution in [0.3, 0.4) is 0 Å². The third-order valence-electron chi connectivity index (χ3n) is 8.41. The number of likely N-dealkylation sites (N-methyl/N-ethyl adjacent to an activating group) is 1. The van der Waals surface area contributed by atoms with Gasteiger partial charge in [0.25, 0.3) is 5.91 Å². The lowest BCUT2D eigenvalue weighted by Crippen LogP contribution is -2.59. The van der Waals surface area contributed by atoms with Crippen molar-refractivity contribution in [3.8, 4) is 21.8 Å². The lowest BCUT2D eigenvalue weighted by Gasteiger charge is -2.43. The van der Waals surface area contributed by atoms with Crippen LogP contribution in [0.2, 0.25) is 0 Å². The Morgan fingerprint density at radius 2 is 1.93 bits per heavy atom. The molecular formula is C31H38N8O3S.